The summed E-state index contributed by atoms with van der Waals surface area (Å²) in [5.41, 5.74) is 16.9. The predicted octanol–water partition coefficient (Wildman–Crippen LogP) is 16.5. The van der Waals surface area contributed by atoms with Crippen LogP contribution in [0.1, 0.15) is 30.9 Å². The molecule has 64 heavy (non-hydrogen) atoms. The topological polar surface area (TPSA) is 6.48 Å². The van der Waals surface area contributed by atoms with Gasteiger partial charge in [0.2, 0.25) is 0 Å². The number of rotatable bonds is 11. The highest BCUT2D eigenvalue weighted by Gasteiger charge is 2.27. The van der Waals surface area contributed by atoms with E-state index in [1.165, 1.54) is 61.5 Å². The van der Waals surface area contributed by atoms with Crippen molar-refractivity contribution in [3.8, 4) is 33.4 Å². The zero-order valence-corrected chi connectivity index (χ0v) is 36.5. The van der Waals surface area contributed by atoms with Crippen LogP contribution in [-0.4, -0.2) is 6.04 Å². The minimum absolute atomic E-state index is 0.141. The number of anilines is 4. The Bertz CT molecular complexity index is 2910. The zero-order valence-electron chi connectivity index (χ0n) is 36.5. The van der Waals surface area contributed by atoms with Crippen molar-refractivity contribution >= 4 is 28.3 Å². The van der Waals surface area contributed by atoms with Gasteiger partial charge in [-0.15, -0.1) is 0 Å². The Balaban J connectivity index is 0.952. The number of benzene rings is 8. The molecule has 0 spiro atoms. The third-order valence-electron chi connectivity index (χ3n) is 12.9. The highest BCUT2D eigenvalue weighted by atomic mass is 15.2. The molecule has 0 N–H and O–H groups in total. The van der Waals surface area contributed by atoms with E-state index >= 15 is 0 Å². The van der Waals surface area contributed by atoms with Crippen LogP contribution in [0, 0.1) is 11.8 Å². The van der Waals surface area contributed by atoms with Gasteiger partial charge in [0.05, 0.1) is 6.04 Å². The van der Waals surface area contributed by atoms with Gasteiger partial charge in [0.1, 0.15) is 0 Å². The van der Waals surface area contributed by atoms with E-state index in [1.807, 2.05) is 0 Å². The molecule has 4 atom stereocenters. The highest BCUT2D eigenvalue weighted by Crippen LogP contribution is 2.41. The zero-order chi connectivity index (χ0) is 43.2. The minimum Gasteiger partial charge on any atom is -0.334 e. The van der Waals surface area contributed by atoms with Gasteiger partial charge in [0.25, 0.3) is 0 Å². The molecular formula is C62H52N2. The van der Waals surface area contributed by atoms with E-state index in [1.54, 1.807) is 0 Å². The van der Waals surface area contributed by atoms with E-state index in [2.05, 4.69) is 278 Å². The van der Waals surface area contributed by atoms with Gasteiger partial charge >= 0.3 is 0 Å². The van der Waals surface area contributed by atoms with Gasteiger partial charge in [-0.2, -0.15) is 0 Å². The lowest BCUT2D eigenvalue weighted by Crippen LogP contribution is -2.35. The molecule has 310 valence electrons. The molecular weight excluding hydrogens is 773 g/mol. The van der Waals surface area contributed by atoms with Crippen LogP contribution >= 0.6 is 0 Å². The molecule has 2 aliphatic carbocycles. The average molecular weight is 825 g/mol. The van der Waals surface area contributed by atoms with Crippen molar-refractivity contribution in [2.45, 2.75) is 25.8 Å². The summed E-state index contributed by atoms with van der Waals surface area (Å²) in [5, 5.41) is 0. The number of hydrogen-bond donors (Lipinski definition) is 0. The van der Waals surface area contributed by atoms with Gasteiger partial charge in [-0.1, -0.05) is 214 Å². The molecule has 0 aromatic heterocycles. The van der Waals surface area contributed by atoms with Crippen molar-refractivity contribution in [3.63, 3.8) is 0 Å². The normalized spacial score (nSPS) is 17.9. The SMILES string of the molecule is CC1C=C(N(c2ccc(-c3ccccc3)cc2)c2ccc(-c3ccc(N(c4ccc(-c5ccccc5)cc4)C4C=CC(c5ccccc5)=CC4C)cc3)cc2)C=CC1c1ccccc1. The van der Waals surface area contributed by atoms with Gasteiger partial charge < -0.3 is 9.80 Å². The molecule has 8 aromatic rings. The summed E-state index contributed by atoms with van der Waals surface area (Å²) in [6.07, 6.45) is 14.2. The lowest BCUT2D eigenvalue weighted by Gasteiger charge is -2.37. The second kappa shape index (κ2) is 18.3. The molecule has 0 amide bonds. The summed E-state index contributed by atoms with van der Waals surface area (Å²) >= 11 is 0. The van der Waals surface area contributed by atoms with Crippen LogP contribution in [0.2, 0.25) is 0 Å². The smallest absolute Gasteiger partial charge is 0.0585 e. The van der Waals surface area contributed by atoms with Crippen molar-refractivity contribution in [2.24, 2.45) is 11.8 Å². The molecule has 2 aliphatic rings. The van der Waals surface area contributed by atoms with Crippen LogP contribution in [0.25, 0.3) is 39.0 Å². The molecule has 10 rings (SSSR count). The number of allylic oxidation sites excluding steroid dienone is 5. The Hall–Kier alpha value is -7.68. The average Bonchev–Trinajstić information content (AvgIpc) is 3.37. The predicted molar refractivity (Wildman–Crippen MR) is 272 cm³/mol. The Kier molecular flexibility index (Phi) is 11.6. The summed E-state index contributed by atoms with van der Waals surface area (Å²) in [4.78, 5) is 4.89. The number of hydrogen-bond acceptors (Lipinski definition) is 2. The van der Waals surface area contributed by atoms with E-state index in [9.17, 15) is 0 Å². The molecule has 0 heterocycles. The van der Waals surface area contributed by atoms with E-state index < -0.39 is 0 Å². The monoisotopic (exact) mass is 824 g/mol. The first kappa shape index (κ1) is 40.4. The molecule has 0 fully saturated rings. The van der Waals surface area contributed by atoms with Crippen molar-refractivity contribution in [2.75, 3.05) is 9.80 Å². The van der Waals surface area contributed by atoms with Gasteiger partial charge in [-0.3, -0.25) is 0 Å². The van der Waals surface area contributed by atoms with E-state index in [-0.39, 0.29) is 12.0 Å². The molecule has 2 heteroatoms. The number of nitrogens with zero attached hydrogens (tertiary/aromatic N) is 2. The van der Waals surface area contributed by atoms with Crippen molar-refractivity contribution < 1.29 is 0 Å². The first-order valence-electron chi connectivity index (χ1n) is 22.6. The lowest BCUT2D eigenvalue weighted by molar-refractivity contribution is 0.611. The van der Waals surface area contributed by atoms with E-state index in [0.717, 1.165) is 17.1 Å². The van der Waals surface area contributed by atoms with Crippen LogP contribution in [0.4, 0.5) is 22.7 Å². The first-order valence-corrected chi connectivity index (χ1v) is 22.6. The van der Waals surface area contributed by atoms with Crippen LogP contribution < -0.4 is 9.80 Å². The molecule has 2 nitrogen and oxygen atoms in total. The third-order valence-corrected chi connectivity index (χ3v) is 12.9. The quantitative estimate of drug-likeness (QED) is 0.128. The molecule has 0 saturated heterocycles. The van der Waals surface area contributed by atoms with Gasteiger partial charge in [-0.25, -0.2) is 0 Å². The molecule has 0 bridgehead atoms. The van der Waals surface area contributed by atoms with Crippen LogP contribution in [0.3, 0.4) is 0 Å². The fourth-order valence-corrected chi connectivity index (χ4v) is 9.44. The van der Waals surface area contributed by atoms with Crippen molar-refractivity contribution in [1.82, 2.24) is 0 Å². The maximum atomic E-state index is 2.50. The maximum Gasteiger partial charge on any atom is 0.0585 e. The fraction of sp³-hybridized carbons (Fsp3) is 0.0968. The van der Waals surface area contributed by atoms with Crippen LogP contribution in [-0.2, 0) is 0 Å². The summed E-state index contributed by atoms with van der Waals surface area (Å²) in [6.45, 7) is 4.66. The van der Waals surface area contributed by atoms with Gasteiger partial charge in [0.15, 0.2) is 0 Å². The second-order valence-corrected chi connectivity index (χ2v) is 17.1. The fourth-order valence-electron chi connectivity index (χ4n) is 9.44. The van der Waals surface area contributed by atoms with E-state index in [0.29, 0.717) is 11.8 Å². The third kappa shape index (κ3) is 8.56. The largest absolute Gasteiger partial charge is 0.334 e. The lowest BCUT2D eigenvalue weighted by atomic mass is 9.83. The Morgan fingerprint density at radius 2 is 0.719 bits per heavy atom. The van der Waals surface area contributed by atoms with E-state index in [4.69, 9.17) is 0 Å². The molecule has 0 saturated carbocycles. The Morgan fingerprint density at radius 1 is 0.328 bits per heavy atom. The minimum atomic E-state index is 0.141. The van der Waals surface area contributed by atoms with Crippen molar-refractivity contribution in [1.29, 1.82) is 0 Å². The summed E-state index contributed by atoms with van der Waals surface area (Å²) in [6, 6.07) is 79.1. The highest BCUT2D eigenvalue weighted by molar-refractivity contribution is 5.80. The first-order chi connectivity index (χ1) is 31.6. The molecule has 4 unspecified atom stereocenters. The standard InChI is InChI=1S/C62H52N2/c1-45-44-60(40-41-61(45)54-21-13-6-14-22-54)63(56-32-23-50(24-33-56)47-15-7-3-8-16-47)57-34-25-52(26-35-57)53-29-38-59(39-30-53)64(58-36-27-51(28-37-58)48-17-9-4-10-18-48)62-42-31-55(43-46(62)2)49-19-11-5-12-20-49/h3-46,61-62H,1-2H3. The van der Waals surface area contributed by atoms with Gasteiger partial charge in [0, 0.05) is 34.4 Å². The molecule has 8 aromatic carbocycles. The second-order valence-electron chi connectivity index (χ2n) is 17.1. The van der Waals surface area contributed by atoms with Crippen LogP contribution in [0.5, 0.6) is 0 Å². The summed E-state index contributed by atoms with van der Waals surface area (Å²) in [7, 11) is 0. The summed E-state index contributed by atoms with van der Waals surface area (Å²) in [5.74, 6) is 0.949. The maximum absolute atomic E-state index is 2.50. The Morgan fingerprint density at radius 3 is 1.14 bits per heavy atom. The molecule has 0 aliphatic heterocycles. The molecule has 0 radical (unpaired) electrons. The van der Waals surface area contributed by atoms with Gasteiger partial charge in [-0.05, 0) is 117 Å². The van der Waals surface area contributed by atoms with Crippen LogP contribution in [0.15, 0.2) is 261 Å². The summed E-state index contributed by atoms with van der Waals surface area (Å²) < 4.78 is 0. The Labute approximate surface area is 379 Å². The van der Waals surface area contributed by atoms with Crippen molar-refractivity contribution in [3.05, 3.63) is 272 Å².